The first kappa shape index (κ1) is 13.1. The lowest BCUT2D eigenvalue weighted by Gasteiger charge is -2.36. The van der Waals surface area contributed by atoms with Gasteiger partial charge in [0.2, 0.25) is 0 Å². The summed E-state index contributed by atoms with van der Waals surface area (Å²) in [6.07, 6.45) is 2.44. The molecule has 108 valence electrons. The topological polar surface area (TPSA) is 36.9 Å². The van der Waals surface area contributed by atoms with Crippen LogP contribution in [0.3, 0.4) is 0 Å². The van der Waals surface area contributed by atoms with Crippen molar-refractivity contribution in [2.24, 2.45) is 0 Å². The van der Waals surface area contributed by atoms with E-state index in [-0.39, 0.29) is 6.17 Å². The summed E-state index contributed by atoms with van der Waals surface area (Å²) >= 11 is 0. The highest BCUT2D eigenvalue weighted by atomic mass is 19.4. The van der Waals surface area contributed by atoms with Crippen LogP contribution in [0.1, 0.15) is 31.1 Å². The summed E-state index contributed by atoms with van der Waals surface area (Å²) < 4.78 is 39.9. The fraction of sp³-hybridized carbons (Fsp3) is 0.462. The first-order valence-electron chi connectivity index (χ1n) is 6.57. The molecule has 7 heteroatoms. The Morgan fingerprint density at radius 1 is 1.20 bits per heavy atom. The summed E-state index contributed by atoms with van der Waals surface area (Å²) in [5.74, 6) is 0.357. The Labute approximate surface area is 114 Å². The number of nitrogens with one attached hydrogen (secondary N) is 1. The van der Waals surface area contributed by atoms with Crippen LogP contribution in [-0.4, -0.2) is 21.3 Å². The van der Waals surface area contributed by atoms with Crippen LogP contribution in [0.15, 0.2) is 30.6 Å². The van der Waals surface area contributed by atoms with E-state index in [9.17, 15) is 13.2 Å². The Morgan fingerprint density at radius 2 is 1.95 bits per heavy atom. The monoisotopic (exact) mass is 284 g/mol. The number of halogens is 3. The van der Waals surface area contributed by atoms with Crippen molar-refractivity contribution < 1.29 is 13.2 Å². The summed E-state index contributed by atoms with van der Waals surface area (Å²) in [6.45, 7) is 0.713. The number of H-pyrrole nitrogens is 1. The van der Waals surface area contributed by atoms with Gasteiger partial charge in [0, 0.05) is 25.0 Å². The highest BCUT2D eigenvalue weighted by Gasteiger charge is 2.35. The summed E-state index contributed by atoms with van der Waals surface area (Å²) in [7, 11) is 0. The van der Waals surface area contributed by atoms with Crippen molar-refractivity contribution in [2.75, 3.05) is 11.4 Å². The number of alkyl halides is 3. The molecule has 0 spiro atoms. The second-order valence-corrected chi connectivity index (χ2v) is 4.94. The van der Waals surface area contributed by atoms with E-state index in [0.717, 1.165) is 25.3 Å². The smallest absolute Gasteiger partial charge is 0.334 e. The molecule has 1 atom stereocenters. The van der Waals surface area contributed by atoms with E-state index in [1.54, 1.807) is 0 Å². The average Bonchev–Trinajstić information content (AvgIpc) is 3.10. The second kappa shape index (κ2) is 4.88. The summed E-state index contributed by atoms with van der Waals surface area (Å²) in [6, 6.07) is 4.92. The molecule has 0 aliphatic carbocycles. The number of piperidine rings is 1. The van der Waals surface area contributed by atoms with Crippen LogP contribution in [0.2, 0.25) is 0 Å². The maximum atomic E-state index is 12.6. The number of nitrogens with zero attached hydrogens (tertiary/aromatic N) is 3. The Balaban J connectivity index is 1.88. The highest BCUT2D eigenvalue weighted by Crippen LogP contribution is 2.34. The van der Waals surface area contributed by atoms with Gasteiger partial charge in [-0.15, -0.1) is 0 Å². The van der Waals surface area contributed by atoms with E-state index in [0.29, 0.717) is 12.4 Å². The van der Waals surface area contributed by atoms with Crippen molar-refractivity contribution in [3.63, 3.8) is 0 Å². The minimum absolute atomic E-state index is 0.0307. The average molecular weight is 284 g/mol. The molecule has 1 aliphatic heterocycles. The number of rotatable bonds is 2. The second-order valence-electron chi connectivity index (χ2n) is 4.94. The van der Waals surface area contributed by atoms with Crippen molar-refractivity contribution in [1.82, 2.24) is 14.8 Å². The molecule has 1 aliphatic rings. The summed E-state index contributed by atoms with van der Waals surface area (Å²) in [5.41, 5.74) is -0.802. The van der Waals surface area contributed by atoms with Gasteiger partial charge in [0.25, 0.3) is 0 Å². The summed E-state index contributed by atoms with van der Waals surface area (Å²) in [5, 5.41) is 5.92. The van der Waals surface area contributed by atoms with Gasteiger partial charge in [-0.25, -0.2) is 0 Å². The van der Waals surface area contributed by atoms with Crippen molar-refractivity contribution >= 4 is 5.82 Å². The zero-order valence-electron chi connectivity index (χ0n) is 10.8. The predicted octanol–water partition coefficient (Wildman–Crippen LogP) is 3.42. The van der Waals surface area contributed by atoms with Gasteiger partial charge in [-0.2, -0.15) is 18.3 Å². The van der Waals surface area contributed by atoms with E-state index >= 15 is 0 Å². The molecular weight excluding hydrogens is 269 g/mol. The lowest BCUT2D eigenvalue weighted by atomic mass is 10.1. The molecule has 0 amide bonds. The van der Waals surface area contributed by atoms with Crippen molar-refractivity contribution in [2.45, 2.75) is 31.6 Å². The number of anilines is 1. The van der Waals surface area contributed by atoms with Gasteiger partial charge in [0.15, 0.2) is 5.82 Å². The Bertz CT molecular complexity index is 558. The van der Waals surface area contributed by atoms with E-state index in [1.165, 1.54) is 0 Å². The maximum Gasteiger partial charge on any atom is 0.432 e. The van der Waals surface area contributed by atoms with Gasteiger partial charge in [0.1, 0.15) is 11.9 Å². The highest BCUT2D eigenvalue weighted by molar-refractivity contribution is 5.41. The number of hydrogen-bond donors (Lipinski definition) is 1. The molecule has 4 nitrogen and oxygen atoms in total. The minimum Gasteiger partial charge on any atom is -0.334 e. The predicted molar refractivity (Wildman–Crippen MR) is 68.3 cm³/mol. The quantitative estimate of drug-likeness (QED) is 0.917. The molecule has 3 rings (SSSR count). The lowest BCUT2D eigenvalue weighted by molar-refractivity contribution is -0.141. The molecule has 1 N–H and O–H groups in total. The van der Waals surface area contributed by atoms with Crippen molar-refractivity contribution in [3.05, 3.63) is 36.3 Å². The molecule has 1 saturated heterocycles. The molecule has 2 aromatic heterocycles. The minimum atomic E-state index is -4.38. The molecule has 20 heavy (non-hydrogen) atoms. The van der Waals surface area contributed by atoms with Gasteiger partial charge in [-0.1, -0.05) is 0 Å². The Morgan fingerprint density at radius 3 is 2.60 bits per heavy atom. The Hall–Kier alpha value is -1.92. The zero-order valence-corrected chi connectivity index (χ0v) is 10.8. The van der Waals surface area contributed by atoms with E-state index in [2.05, 4.69) is 10.2 Å². The lowest BCUT2D eigenvalue weighted by Crippen LogP contribution is -2.36. The molecule has 1 fully saturated rings. The van der Waals surface area contributed by atoms with Crippen LogP contribution in [0.5, 0.6) is 0 Å². The molecule has 0 radical (unpaired) electrons. The third-order valence-corrected chi connectivity index (χ3v) is 3.61. The SMILES string of the molecule is FC(F)(F)c1cc(N2CCCCC2n2cccc2)n[nH]1. The van der Waals surface area contributed by atoms with Gasteiger partial charge in [-0.05, 0) is 31.4 Å². The van der Waals surface area contributed by atoms with Crippen LogP contribution in [-0.2, 0) is 6.18 Å². The molecular formula is C13H15F3N4. The standard InChI is InChI=1S/C13H15F3N4/c14-13(15,16)10-9-11(18-17-10)20-8-2-1-5-12(20)19-6-3-4-7-19/h3-4,6-7,9,12H,1-2,5,8H2,(H,17,18). The molecule has 3 heterocycles. The van der Waals surface area contributed by atoms with Crippen LogP contribution in [0, 0.1) is 0 Å². The number of aromatic nitrogens is 3. The number of aromatic amines is 1. The Kier molecular flexibility index (Phi) is 3.19. The molecule has 2 aromatic rings. The number of hydrogen-bond acceptors (Lipinski definition) is 2. The van der Waals surface area contributed by atoms with Gasteiger partial charge in [0.05, 0.1) is 0 Å². The van der Waals surface area contributed by atoms with E-state index in [4.69, 9.17) is 0 Å². The zero-order chi connectivity index (χ0) is 14.2. The third kappa shape index (κ3) is 2.39. The third-order valence-electron chi connectivity index (χ3n) is 3.61. The van der Waals surface area contributed by atoms with Gasteiger partial charge < -0.3 is 9.47 Å². The van der Waals surface area contributed by atoms with E-state index < -0.39 is 11.9 Å². The van der Waals surface area contributed by atoms with Crippen LogP contribution < -0.4 is 4.90 Å². The van der Waals surface area contributed by atoms with Gasteiger partial charge >= 0.3 is 6.18 Å². The largest absolute Gasteiger partial charge is 0.432 e. The molecule has 1 unspecified atom stereocenters. The summed E-state index contributed by atoms with van der Waals surface area (Å²) in [4.78, 5) is 1.93. The molecule has 0 aromatic carbocycles. The normalized spacial score (nSPS) is 20.4. The van der Waals surface area contributed by atoms with Crippen LogP contribution >= 0.6 is 0 Å². The van der Waals surface area contributed by atoms with Crippen LogP contribution in [0.25, 0.3) is 0 Å². The maximum absolute atomic E-state index is 12.6. The molecule has 0 bridgehead atoms. The van der Waals surface area contributed by atoms with Gasteiger partial charge in [-0.3, -0.25) is 5.10 Å². The first-order valence-corrected chi connectivity index (χ1v) is 6.57. The molecule has 0 saturated carbocycles. The van der Waals surface area contributed by atoms with Crippen LogP contribution in [0.4, 0.5) is 19.0 Å². The first-order chi connectivity index (χ1) is 9.55. The fourth-order valence-corrected chi connectivity index (χ4v) is 2.64. The van der Waals surface area contributed by atoms with Crippen molar-refractivity contribution in [1.29, 1.82) is 0 Å². The van der Waals surface area contributed by atoms with E-state index in [1.807, 2.05) is 34.0 Å². The fourth-order valence-electron chi connectivity index (χ4n) is 2.64. The van der Waals surface area contributed by atoms with Crippen molar-refractivity contribution in [3.8, 4) is 0 Å².